The number of rotatable bonds is 5. The van der Waals surface area contributed by atoms with Gasteiger partial charge in [-0.1, -0.05) is 0 Å². The van der Waals surface area contributed by atoms with Crippen molar-refractivity contribution in [3.8, 4) is 0 Å². The molecule has 0 amide bonds. The summed E-state index contributed by atoms with van der Waals surface area (Å²) in [7, 11) is 0. The Balaban J connectivity index is 2.33. The van der Waals surface area contributed by atoms with Crippen molar-refractivity contribution in [2.75, 3.05) is 23.7 Å². The molecule has 4 nitrogen and oxygen atoms in total. The lowest BCUT2D eigenvalue weighted by Crippen LogP contribution is -2.25. The lowest BCUT2D eigenvalue weighted by Gasteiger charge is -2.24. The van der Waals surface area contributed by atoms with E-state index in [-0.39, 0.29) is 5.56 Å². The first-order valence-electron chi connectivity index (χ1n) is 6.41. The maximum Gasteiger partial charge on any atom is 0.337 e. The van der Waals surface area contributed by atoms with Crippen LogP contribution >= 0.6 is 0 Å². The highest BCUT2D eigenvalue weighted by Gasteiger charge is 2.24. The highest BCUT2D eigenvalue weighted by molar-refractivity contribution is 5.95. The summed E-state index contributed by atoms with van der Waals surface area (Å²) in [6.45, 7) is 5.85. The zero-order valence-corrected chi connectivity index (χ0v) is 10.9. The van der Waals surface area contributed by atoms with E-state index >= 15 is 0 Å². The Labute approximate surface area is 107 Å². The number of hydrogen-bond donors (Lipinski definition) is 2. The van der Waals surface area contributed by atoms with Gasteiger partial charge < -0.3 is 15.7 Å². The van der Waals surface area contributed by atoms with Crippen LogP contribution in [0.15, 0.2) is 12.1 Å². The van der Waals surface area contributed by atoms with Crippen LogP contribution < -0.4 is 10.6 Å². The molecule has 2 rings (SSSR count). The maximum absolute atomic E-state index is 11.2. The smallest absolute Gasteiger partial charge is 0.337 e. The number of carboxylic acid groups (broad SMARTS) is 1. The summed E-state index contributed by atoms with van der Waals surface area (Å²) in [6, 6.07) is 3.67. The molecule has 3 N–H and O–H groups in total. The fraction of sp³-hybridized carbons (Fsp3) is 0.500. The lowest BCUT2D eigenvalue weighted by atomic mass is 10.1. The first-order valence-corrected chi connectivity index (χ1v) is 6.41. The molecule has 1 aliphatic carbocycles. The van der Waals surface area contributed by atoms with Crippen LogP contribution in [0, 0.1) is 12.8 Å². The molecule has 0 saturated heterocycles. The van der Waals surface area contributed by atoms with Gasteiger partial charge in [0.1, 0.15) is 0 Å². The van der Waals surface area contributed by atoms with Gasteiger partial charge in [-0.3, -0.25) is 0 Å². The standard InChI is InChI=1S/C14H20N2O2/c1-3-16(8-10-4-5-10)11-6-9(2)13(15)12(7-11)14(17)18/h6-7,10H,3-5,8,15H2,1-2H3,(H,17,18). The molecule has 0 radical (unpaired) electrons. The van der Waals surface area contributed by atoms with Crippen molar-refractivity contribution in [2.24, 2.45) is 5.92 Å². The number of hydrogen-bond acceptors (Lipinski definition) is 3. The van der Waals surface area contributed by atoms with E-state index in [1.54, 1.807) is 6.07 Å². The Morgan fingerprint density at radius 2 is 2.17 bits per heavy atom. The molecule has 4 heteroatoms. The Kier molecular flexibility index (Phi) is 3.45. The summed E-state index contributed by atoms with van der Waals surface area (Å²) in [5, 5.41) is 9.16. The first-order chi connectivity index (χ1) is 8.52. The van der Waals surface area contributed by atoms with Crippen molar-refractivity contribution in [1.82, 2.24) is 0 Å². The Morgan fingerprint density at radius 1 is 1.50 bits per heavy atom. The van der Waals surface area contributed by atoms with Crippen LogP contribution in [0.25, 0.3) is 0 Å². The van der Waals surface area contributed by atoms with Gasteiger partial charge in [0, 0.05) is 24.5 Å². The summed E-state index contributed by atoms with van der Waals surface area (Å²) in [4.78, 5) is 13.4. The second-order valence-electron chi connectivity index (χ2n) is 5.01. The average molecular weight is 248 g/mol. The van der Waals surface area contributed by atoms with E-state index in [1.165, 1.54) is 12.8 Å². The van der Waals surface area contributed by atoms with Crippen LogP contribution in [0.3, 0.4) is 0 Å². The predicted octanol–water partition coefficient (Wildman–Crippen LogP) is 2.51. The third-order valence-electron chi connectivity index (χ3n) is 3.52. The summed E-state index contributed by atoms with van der Waals surface area (Å²) >= 11 is 0. The number of nitrogen functional groups attached to an aromatic ring is 1. The Bertz CT molecular complexity index is 467. The molecule has 0 heterocycles. The topological polar surface area (TPSA) is 66.6 Å². The minimum absolute atomic E-state index is 0.208. The third kappa shape index (κ3) is 2.58. The number of nitrogens with zero attached hydrogens (tertiary/aromatic N) is 1. The fourth-order valence-electron chi connectivity index (χ4n) is 2.17. The van der Waals surface area contributed by atoms with E-state index in [9.17, 15) is 4.79 Å². The summed E-state index contributed by atoms with van der Waals surface area (Å²) in [6.07, 6.45) is 2.58. The van der Waals surface area contributed by atoms with Gasteiger partial charge in [0.2, 0.25) is 0 Å². The second kappa shape index (κ2) is 4.88. The van der Waals surface area contributed by atoms with Crippen LogP contribution in [0.1, 0.15) is 35.7 Å². The average Bonchev–Trinajstić information content (AvgIpc) is 3.13. The molecule has 98 valence electrons. The SMILES string of the molecule is CCN(CC1CC1)c1cc(C)c(N)c(C(=O)O)c1. The summed E-state index contributed by atoms with van der Waals surface area (Å²) < 4.78 is 0. The van der Waals surface area contributed by atoms with Crippen molar-refractivity contribution in [1.29, 1.82) is 0 Å². The van der Waals surface area contributed by atoms with Crippen LogP contribution in [-0.4, -0.2) is 24.2 Å². The molecule has 0 atom stereocenters. The van der Waals surface area contributed by atoms with Gasteiger partial charge in [0.15, 0.2) is 0 Å². The second-order valence-corrected chi connectivity index (χ2v) is 5.01. The zero-order valence-electron chi connectivity index (χ0n) is 10.9. The van der Waals surface area contributed by atoms with Gasteiger partial charge in [0.25, 0.3) is 0 Å². The number of benzene rings is 1. The van der Waals surface area contributed by atoms with Crippen molar-refractivity contribution >= 4 is 17.3 Å². The highest BCUT2D eigenvalue weighted by atomic mass is 16.4. The van der Waals surface area contributed by atoms with Gasteiger partial charge in [-0.05, 0) is 50.3 Å². The number of aromatic carboxylic acids is 1. The van der Waals surface area contributed by atoms with Crippen molar-refractivity contribution in [3.63, 3.8) is 0 Å². The van der Waals surface area contributed by atoms with Crippen LogP contribution in [0.5, 0.6) is 0 Å². The molecular weight excluding hydrogens is 228 g/mol. The molecule has 0 spiro atoms. The number of carboxylic acids is 1. The molecule has 18 heavy (non-hydrogen) atoms. The third-order valence-corrected chi connectivity index (χ3v) is 3.52. The molecule has 0 aliphatic heterocycles. The minimum atomic E-state index is -0.958. The van der Waals surface area contributed by atoms with E-state index in [1.807, 2.05) is 13.0 Å². The zero-order chi connectivity index (χ0) is 13.3. The van der Waals surface area contributed by atoms with Crippen LogP contribution in [0.2, 0.25) is 0 Å². The maximum atomic E-state index is 11.2. The molecule has 1 aliphatic rings. The molecule has 0 bridgehead atoms. The first kappa shape index (κ1) is 12.7. The highest BCUT2D eigenvalue weighted by Crippen LogP contribution is 2.32. The number of nitrogens with two attached hydrogens (primary N) is 1. The summed E-state index contributed by atoms with van der Waals surface area (Å²) in [5.41, 5.74) is 8.18. The van der Waals surface area contributed by atoms with Gasteiger partial charge in [-0.15, -0.1) is 0 Å². The lowest BCUT2D eigenvalue weighted by molar-refractivity contribution is 0.0698. The van der Waals surface area contributed by atoms with E-state index < -0.39 is 5.97 Å². The molecule has 0 aromatic heterocycles. The molecule has 1 aromatic rings. The Morgan fingerprint density at radius 3 is 2.67 bits per heavy atom. The normalized spacial score (nSPS) is 14.6. The van der Waals surface area contributed by atoms with Gasteiger partial charge in [-0.25, -0.2) is 4.79 Å². The quantitative estimate of drug-likeness (QED) is 0.786. The van der Waals surface area contributed by atoms with Gasteiger partial charge in [0.05, 0.1) is 5.56 Å². The number of aryl methyl sites for hydroxylation is 1. The summed E-state index contributed by atoms with van der Waals surface area (Å²) in [5.74, 6) is -0.184. The van der Waals surface area contributed by atoms with Crippen molar-refractivity contribution in [3.05, 3.63) is 23.3 Å². The molecular formula is C14H20N2O2. The number of anilines is 2. The van der Waals surface area contributed by atoms with E-state index in [0.29, 0.717) is 5.69 Å². The fourth-order valence-corrected chi connectivity index (χ4v) is 2.17. The molecule has 1 fully saturated rings. The van der Waals surface area contributed by atoms with Gasteiger partial charge >= 0.3 is 5.97 Å². The van der Waals surface area contributed by atoms with Crippen molar-refractivity contribution in [2.45, 2.75) is 26.7 Å². The van der Waals surface area contributed by atoms with Crippen molar-refractivity contribution < 1.29 is 9.90 Å². The minimum Gasteiger partial charge on any atom is -0.478 e. The van der Waals surface area contributed by atoms with Gasteiger partial charge in [-0.2, -0.15) is 0 Å². The predicted molar refractivity (Wildman–Crippen MR) is 73.2 cm³/mol. The van der Waals surface area contributed by atoms with E-state index in [4.69, 9.17) is 10.8 Å². The van der Waals surface area contributed by atoms with Crippen LogP contribution in [0.4, 0.5) is 11.4 Å². The number of carbonyl (C=O) groups is 1. The molecule has 0 unspecified atom stereocenters. The van der Waals surface area contributed by atoms with Crippen LogP contribution in [-0.2, 0) is 0 Å². The Hall–Kier alpha value is -1.71. The van der Waals surface area contributed by atoms with E-state index in [2.05, 4.69) is 11.8 Å². The van der Waals surface area contributed by atoms with E-state index in [0.717, 1.165) is 30.3 Å². The largest absolute Gasteiger partial charge is 0.478 e. The molecule has 1 aromatic carbocycles. The molecule has 1 saturated carbocycles. The monoisotopic (exact) mass is 248 g/mol.